The van der Waals surface area contributed by atoms with Gasteiger partial charge in [0.1, 0.15) is 0 Å². The van der Waals surface area contributed by atoms with E-state index in [-0.39, 0.29) is 5.41 Å². The molecule has 0 heteroatoms. The van der Waals surface area contributed by atoms with Crippen molar-refractivity contribution in [1.82, 2.24) is 0 Å². The topological polar surface area (TPSA) is 0 Å². The minimum Gasteiger partial charge on any atom is -0.0616 e. The molecular weight excluding hydrogens is 637 g/mol. The van der Waals surface area contributed by atoms with E-state index in [0.717, 1.165) is 0 Å². The maximum Gasteiger partial charge on any atom is 0.0159 e. The first kappa shape index (κ1) is 30.2. The van der Waals surface area contributed by atoms with Gasteiger partial charge < -0.3 is 0 Å². The van der Waals surface area contributed by atoms with Gasteiger partial charge in [-0.3, -0.25) is 0 Å². The van der Waals surface area contributed by atoms with Crippen molar-refractivity contribution in [3.05, 3.63) is 193 Å². The summed E-state index contributed by atoms with van der Waals surface area (Å²) in [6.07, 6.45) is 0. The van der Waals surface area contributed by atoms with E-state index in [1.807, 2.05) is 0 Å². The van der Waals surface area contributed by atoms with Crippen molar-refractivity contribution in [2.75, 3.05) is 0 Å². The highest BCUT2D eigenvalue weighted by atomic mass is 14.4. The van der Waals surface area contributed by atoms with E-state index in [9.17, 15) is 0 Å². The molecular formula is C53H36. The van der Waals surface area contributed by atoms with Crippen LogP contribution < -0.4 is 0 Å². The molecule has 53 heavy (non-hydrogen) atoms. The molecule has 0 saturated carbocycles. The molecule has 0 fully saturated rings. The maximum absolute atomic E-state index is 2.44. The van der Waals surface area contributed by atoms with Crippen molar-refractivity contribution >= 4 is 53.9 Å². The van der Waals surface area contributed by atoms with E-state index in [0.29, 0.717) is 0 Å². The Morgan fingerprint density at radius 1 is 0.283 bits per heavy atom. The molecule has 0 nitrogen and oxygen atoms in total. The van der Waals surface area contributed by atoms with Crippen LogP contribution in [0.2, 0.25) is 0 Å². The second kappa shape index (κ2) is 11.2. The normalized spacial score (nSPS) is 13.2. The van der Waals surface area contributed by atoms with E-state index in [2.05, 4.69) is 196 Å². The summed E-state index contributed by atoms with van der Waals surface area (Å²) in [6, 6.07) is 67.9. The third-order valence-electron chi connectivity index (χ3n) is 12.0. The van der Waals surface area contributed by atoms with Gasteiger partial charge >= 0.3 is 0 Å². The first-order chi connectivity index (χ1) is 26.0. The molecule has 0 bridgehead atoms. The molecule has 0 aliphatic heterocycles. The lowest BCUT2D eigenvalue weighted by atomic mass is 9.81. The summed E-state index contributed by atoms with van der Waals surface area (Å²) in [5, 5.41) is 12.8. The fraction of sp³-hybridized carbons (Fsp3) is 0.0566. The zero-order chi connectivity index (χ0) is 35.3. The van der Waals surface area contributed by atoms with Gasteiger partial charge in [0.2, 0.25) is 0 Å². The molecule has 0 radical (unpaired) electrons. The van der Waals surface area contributed by atoms with Gasteiger partial charge in [-0.05, 0) is 128 Å². The van der Waals surface area contributed by atoms with Gasteiger partial charge in [-0.15, -0.1) is 0 Å². The molecule has 0 atom stereocenters. The fourth-order valence-corrected chi connectivity index (χ4v) is 9.44. The summed E-state index contributed by atoms with van der Waals surface area (Å²) in [5.41, 5.74) is 13.1. The Balaban J connectivity index is 1.05. The summed E-state index contributed by atoms with van der Waals surface area (Å²) in [7, 11) is 0. The van der Waals surface area contributed by atoms with Crippen LogP contribution in [0.5, 0.6) is 0 Å². The molecule has 1 aliphatic carbocycles. The predicted molar refractivity (Wildman–Crippen MR) is 228 cm³/mol. The predicted octanol–water partition coefficient (Wildman–Crippen LogP) is 14.8. The molecule has 0 heterocycles. The number of rotatable bonds is 3. The summed E-state index contributed by atoms with van der Waals surface area (Å²) in [5.74, 6) is 0. The van der Waals surface area contributed by atoms with Crippen LogP contribution in [0, 0.1) is 0 Å². The van der Waals surface area contributed by atoms with Crippen LogP contribution in [0.25, 0.3) is 98.4 Å². The first-order valence-electron chi connectivity index (χ1n) is 18.7. The van der Waals surface area contributed by atoms with Crippen LogP contribution in [0.3, 0.4) is 0 Å². The Labute approximate surface area is 309 Å². The first-order valence-corrected chi connectivity index (χ1v) is 18.7. The summed E-state index contributed by atoms with van der Waals surface area (Å²) in [6.45, 7) is 4.75. The van der Waals surface area contributed by atoms with Crippen LogP contribution in [-0.2, 0) is 5.41 Å². The standard InChI is InChI=1S/C53H36/c1-53(2)48-29-27-34-13-4-6-16-41(34)52(48)47-28-26-38(32-49(47)53)36-22-23-37-31-39(25-24-35(37)30-36)50-43-17-7-9-19-45(43)51(46-20-10-8-18-44(46)50)42-21-11-14-33-12-3-5-15-40(33)42/h3-32H,1-2H3. The lowest BCUT2D eigenvalue weighted by Gasteiger charge is -2.22. The Morgan fingerprint density at radius 3 is 1.47 bits per heavy atom. The van der Waals surface area contributed by atoms with Gasteiger partial charge in [-0.25, -0.2) is 0 Å². The third kappa shape index (κ3) is 4.42. The Hall–Kier alpha value is -6.50. The van der Waals surface area contributed by atoms with E-state index in [1.54, 1.807) is 0 Å². The minimum atomic E-state index is -0.0643. The van der Waals surface area contributed by atoms with Gasteiger partial charge in [0.25, 0.3) is 0 Å². The molecule has 10 aromatic carbocycles. The van der Waals surface area contributed by atoms with Crippen LogP contribution >= 0.6 is 0 Å². The van der Waals surface area contributed by atoms with Crippen LogP contribution in [0.4, 0.5) is 0 Å². The van der Waals surface area contributed by atoms with Crippen molar-refractivity contribution in [3.8, 4) is 44.5 Å². The molecule has 0 amide bonds. The second-order valence-electron chi connectivity index (χ2n) is 15.2. The molecule has 0 spiro atoms. The summed E-state index contributed by atoms with van der Waals surface area (Å²) in [4.78, 5) is 0. The van der Waals surface area contributed by atoms with Crippen LogP contribution in [-0.4, -0.2) is 0 Å². The average Bonchev–Trinajstić information content (AvgIpc) is 3.45. The number of hydrogen-bond acceptors (Lipinski definition) is 0. The number of benzene rings is 10. The van der Waals surface area contributed by atoms with Gasteiger partial charge in [-0.1, -0.05) is 178 Å². The van der Waals surface area contributed by atoms with Crippen LogP contribution in [0.1, 0.15) is 25.0 Å². The lowest BCUT2D eigenvalue weighted by molar-refractivity contribution is 0.661. The van der Waals surface area contributed by atoms with E-state index < -0.39 is 0 Å². The monoisotopic (exact) mass is 672 g/mol. The lowest BCUT2D eigenvalue weighted by Crippen LogP contribution is -2.15. The van der Waals surface area contributed by atoms with E-state index >= 15 is 0 Å². The van der Waals surface area contributed by atoms with Gasteiger partial charge in [0.05, 0.1) is 0 Å². The quantitative estimate of drug-likeness (QED) is 0.164. The van der Waals surface area contributed by atoms with Crippen LogP contribution in [0.15, 0.2) is 182 Å². The zero-order valence-corrected chi connectivity index (χ0v) is 29.8. The molecule has 1 aliphatic rings. The van der Waals surface area contributed by atoms with Gasteiger partial charge in [0, 0.05) is 5.41 Å². The highest BCUT2D eigenvalue weighted by molar-refractivity contribution is 6.23. The largest absolute Gasteiger partial charge is 0.0616 e. The van der Waals surface area contributed by atoms with Crippen molar-refractivity contribution < 1.29 is 0 Å². The molecule has 248 valence electrons. The van der Waals surface area contributed by atoms with Crippen molar-refractivity contribution in [2.45, 2.75) is 19.3 Å². The van der Waals surface area contributed by atoms with Crippen molar-refractivity contribution in [1.29, 1.82) is 0 Å². The summed E-state index contributed by atoms with van der Waals surface area (Å²) < 4.78 is 0. The SMILES string of the molecule is CC1(C)c2cc(-c3ccc4cc(-c5c6ccccc6c(-c6cccc7ccccc67)c6ccccc56)ccc4c3)ccc2-c2c1ccc1ccccc21. The average molecular weight is 673 g/mol. The summed E-state index contributed by atoms with van der Waals surface area (Å²) >= 11 is 0. The molecule has 11 rings (SSSR count). The highest BCUT2D eigenvalue weighted by Gasteiger charge is 2.36. The van der Waals surface area contributed by atoms with E-state index in [4.69, 9.17) is 0 Å². The molecule has 0 aromatic heterocycles. The Bertz CT molecular complexity index is 3080. The van der Waals surface area contributed by atoms with Crippen molar-refractivity contribution in [2.24, 2.45) is 0 Å². The highest BCUT2D eigenvalue weighted by Crippen LogP contribution is 2.52. The Morgan fingerprint density at radius 2 is 0.774 bits per heavy atom. The van der Waals surface area contributed by atoms with Crippen molar-refractivity contribution in [3.63, 3.8) is 0 Å². The van der Waals surface area contributed by atoms with E-state index in [1.165, 1.54) is 109 Å². The zero-order valence-electron chi connectivity index (χ0n) is 29.8. The third-order valence-corrected chi connectivity index (χ3v) is 12.0. The number of fused-ring (bicyclic) bond motifs is 9. The maximum atomic E-state index is 2.44. The molecule has 0 unspecified atom stereocenters. The molecule has 10 aromatic rings. The van der Waals surface area contributed by atoms with Gasteiger partial charge in [0.15, 0.2) is 0 Å². The molecule has 0 saturated heterocycles. The molecule has 0 N–H and O–H groups in total. The number of hydrogen-bond donors (Lipinski definition) is 0. The minimum absolute atomic E-state index is 0.0643. The second-order valence-corrected chi connectivity index (χ2v) is 15.2. The smallest absolute Gasteiger partial charge is 0.0159 e. The van der Waals surface area contributed by atoms with Gasteiger partial charge in [-0.2, -0.15) is 0 Å². The fourth-order valence-electron chi connectivity index (χ4n) is 9.44. The Kier molecular flexibility index (Phi) is 6.40.